The molecule has 66 valence electrons. The number of anilines is 1. The van der Waals surface area contributed by atoms with Gasteiger partial charge in [0.25, 0.3) is 0 Å². The lowest BCUT2D eigenvalue weighted by Crippen LogP contribution is -2.16. The second-order valence-electron chi connectivity index (χ2n) is 2.88. The van der Waals surface area contributed by atoms with Gasteiger partial charge in [0, 0.05) is 14.1 Å². The SMILES string of the molecule is CN(C)c1cc(C#N)cccc1=O. The monoisotopic (exact) mass is 174 g/mol. The molecule has 1 rings (SSSR count). The lowest BCUT2D eigenvalue weighted by molar-refractivity contribution is 1.12. The molecule has 0 atom stereocenters. The quantitative estimate of drug-likeness (QED) is 0.637. The summed E-state index contributed by atoms with van der Waals surface area (Å²) in [6, 6.07) is 8.25. The molecule has 3 heteroatoms. The van der Waals surface area contributed by atoms with Crippen molar-refractivity contribution >= 4 is 5.69 Å². The Hall–Kier alpha value is -1.82. The van der Waals surface area contributed by atoms with Gasteiger partial charge in [-0.25, -0.2) is 0 Å². The van der Waals surface area contributed by atoms with E-state index in [0.29, 0.717) is 11.3 Å². The fourth-order valence-corrected chi connectivity index (χ4v) is 1.01. The van der Waals surface area contributed by atoms with E-state index >= 15 is 0 Å². The smallest absolute Gasteiger partial charge is 0.201 e. The molecule has 1 aromatic carbocycles. The fraction of sp³-hybridized carbons (Fsp3) is 0.200. The average molecular weight is 174 g/mol. The van der Waals surface area contributed by atoms with Crippen molar-refractivity contribution in [3.05, 3.63) is 40.1 Å². The van der Waals surface area contributed by atoms with Gasteiger partial charge in [0.15, 0.2) is 0 Å². The van der Waals surface area contributed by atoms with Gasteiger partial charge < -0.3 is 4.90 Å². The van der Waals surface area contributed by atoms with E-state index in [9.17, 15) is 4.79 Å². The molecule has 0 saturated carbocycles. The highest BCUT2D eigenvalue weighted by molar-refractivity contribution is 5.48. The first kappa shape index (κ1) is 9.27. The van der Waals surface area contributed by atoms with Crippen LogP contribution in [0.2, 0.25) is 0 Å². The second kappa shape index (κ2) is 3.72. The van der Waals surface area contributed by atoms with Gasteiger partial charge in [-0.2, -0.15) is 5.26 Å². The van der Waals surface area contributed by atoms with Crippen molar-refractivity contribution in [2.24, 2.45) is 0 Å². The molecule has 0 heterocycles. The zero-order valence-corrected chi connectivity index (χ0v) is 7.61. The molecule has 0 radical (unpaired) electrons. The molecule has 0 aromatic heterocycles. The Labute approximate surface area is 76.9 Å². The van der Waals surface area contributed by atoms with Crippen LogP contribution in [0.1, 0.15) is 5.56 Å². The van der Waals surface area contributed by atoms with Crippen molar-refractivity contribution in [2.75, 3.05) is 19.0 Å². The Morgan fingerprint density at radius 1 is 1.38 bits per heavy atom. The van der Waals surface area contributed by atoms with Gasteiger partial charge in [-0.3, -0.25) is 4.79 Å². The summed E-state index contributed by atoms with van der Waals surface area (Å²) in [5.41, 5.74) is 0.943. The normalized spacial score (nSPS) is 9.00. The van der Waals surface area contributed by atoms with Crippen LogP contribution in [-0.2, 0) is 0 Å². The van der Waals surface area contributed by atoms with Crippen LogP contribution in [0.25, 0.3) is 0 Å². The van der Waals surface area contributed by atoms with Crippen molar-refractivity contribution in [3.8, 4) is 6.07 Å². The van der Waals surface area contributed by atoms with Crippen LogP contribution in [0.3, 0.4) is 0 Å². The summed E-state index contributed by atoms with van der Waals surface area (Å²) in [5, 5.41) is 8.68. The fourth-order valence-electron chi connectivity index (χ4n) is 1.01. The molecule has 13 heavy (non-hydrogen) atoms. The molecule has 0 fully saturated rings. The summed E-state index contributed by atoms with van der Waals surface area (Å²) in [7, 11) is 3.55. The van der Waals surface area contributed by atoms with E-state index in [2.05, 4.69) is 0 Å². The number of nitriles is 1. The molecule has 0 aliphatic carbocycles. The summed E-state index contributed by atoms with van der Waals surface area (Å²) in [6.45, 7) is 0. The highest BCUT2D eigenvalue weighted by atomic mass is 16.1. The molecule has 0 bridgehead atoms. The van der Waals surface area contributed by atoms with E-state index in [4.69, 9.17) is 5.26 Å². The molecule has 0 amide bonds. The van der Waals surface area contributed by atoms with Crippen LogP contribution in [0, 0.1) is 11.3 Å². The molecule has 3 nitrogen and oxygen atoms in total. The molecule has 0 N–H and O–H groups in total. The van der Waals surface area contributed by atoms with Gasteiger partial charge in [0.2, 0.25) is 5.43 Å². The van der Waals surface area contributed by atoms with E-state index in [1.54, 1.807) is 37.2 Å². The minimum Gasteiger partial charge on any atom is -0.374 e. The van der Waals surface area contributed by atoms with Gasteiger partial charge >= 0.3 is 0 Å². The number of hydrogen-bond donors (Lipinski definition) is 0. The van der Waals surface area contributed by atoms with Crippen molar-refractivity contribution in [1.82, 2.24) is 0 Å². The first-order valence-corrected chi connectivity index (χ1v) is 3.87. The summed E-state index contributed by atoms with van der Waals surface area (Å²) in [6.07, 6.45) is 0. The van der Waals surface area contributed by atoms with E-state index in [1.165, 1.54) is 6.07 Å². The Morgan fingerprint density at radius 3 is 2.62 bits per heavy atom. The van der Waals surface area contributed by atoms with Crippen LogP contribution < -0.4 is 10.3 Å². The molecular formula is C10H10N2O. The van der Waals surface area contributed by atoms with Gasteiger partial charge in [0.1, 0.15) is 0 Å². The molecule has 0 unspecified atom stereocenters. The summed E-state index contributed by atoms with van der Waals surface area (Å²) in [5.74, 6) is 0. The molecule has 1 aromatic rings. The Bertz CT molecular complexity index is 404. The molecular weight excluding hydrogens is 164 g/mol. The lowest BCUT2D eigenvalue weighted by atomic mass is 10.3. The van der Waals surface area contributed by atoms with Gasteiger partial charge in [-0.1, -0.05) is 6.07 Å². The van der Waals surface area contributed by atoms with E-state index in [-0.39, 0.29) is 5.43 Å². The van der Waals surface area contributed by atoms with Gasteiger partial charge in [-0.15, -0.1) is 0 Å². The zero-order valence-electron chi connectivity index (χ0n) is 7.61. The average Bonchev–Trinajstić information content (AvgIpc) is 2.26. The van der Waals surface area contributed by atoms with Crippen molar-refractivity contribution < 1.29 is 0 Å². The molecule has 0 saturated heterocycles. The van der Waals surface area contributed by atoms with E-state index in [0.717, 1.165) is 0 Å². The van der Waals surface area contributed by atoms with Gasteiger partial charge in [-0.05, 0) is 18.2 Å². The summed E-state index contributed by atoms with van der Waals surface area (Å²) < 4.78 is 0. The summed E-state index contributed by atoms with van der Waals surface area (Å²) >= 11 is 0. The predicted molar refractivity (Wildman–Crippen MR) is 51.8 cm³/mol. The molecule has 0 aliphatic heterocycles. The minimum atomic E-state index is -0.0773. The second-order valence-corrected chi connectivity index (χ2v) is 2.88. The third-order valence-electron chi connectivity index (χ3n) is 1.68. The zero-order chi connectivity index (χ0) is 9.84. The van der Waals surface area contributed by atoms with Crippen LogP contribution in [-0.4, -0.2) is 14.1 Å². The van der Waals surface area contributed by atoms with Crippen LogP contribution in [0.4, 0.5) is 5.69 Å². The Balaban J connectivity index is 3.45. The maximum atomic E-state index is 11.4. The van der Waals surface area contributed by atoms with Crippen LogP contribution >= 0.6 is 0 Å². The number of rotatable bonds is 1. The van der Waals surface area contributed by atoms with Crippen LogP contribution in [0.5, 0.6) is 0 Å². The topological polar surface area (TPSA) is 44.1 Å². The first-order chi connectivity index (χ1) is 6.15. The largest absolute Gasteiger partial charge is 0.374 e. The third kappa shape index (κ3) is 2.06. The molecule has 0 aliphatic rings. The maximum absolute atomic E-state index is 11.4. The van der Waals surface area contributed by atoms with Crippen molar-refractivity contribution in [1.29, 1.82) is 5.26 Å². The van der Waals surface area contributed by atoms with Crippen molar-refractivity contribution in [3.63, 3.8) is 0 Å². The summed E-state index contributed by atoms with van der Waals surface area (Å²) in [4.78, 5) is 13.1. The van der Waals surface area contributed by atoms with Crippen molar-refractivity contribution in [2.45, 2.75) is 0 Å². The van der Waals surface area contributed by atoms with E-state index in [1.807, 2.05) is 6.07 Å². The standard InChI is InChI=1S/C10H10N2O/c1-12(2)9-6-8(7-11)4-3-5-10(9)13/h3-6H,1-2H3. The van der Waals surface area contributed by atoms with Gasteiger partial charge in [0.05, 0.1) is 17.3 Å². The number of nitrogens with zero attached hydrogens (tertiary/aromatic N) is 2. The highest BCUT2D eigenvalue weighted by Crippen LogP contribution is 2.05. The first-order valence-electron chi connectivity index (χ1n) is 3.87. The molecule has 0 spiro atoms. The predicted octanol–water partition coefficient (Wildman–Crippen LogP) is 0.984. The third-order valence-corrected chi connectivity index (χ3v) is 1.68. The maximum Gasteiger partial charge on any atom is 0.201 e. The Morgan fingerprint density at radius 2 is 2.08 bits per heavy atom. The number of hydrogen-bond acceptors (Lipinski definition) is 3. The van der Waals surface area contributed by atoms with E-state index < -0.39 is 0 Å². The lowest BCUT2D eigenvalue weighted by Gasteiger charge is -2.08. The Kier molecular flexibility index (Phi) is 2.65. The minimum absolute atomic E-state index is 0.0773. The highest BCUT2D eigenvalue weighted by Gasteiger charge is 1.99. The van der Waals surface area contributed by atoms with Crippen LogP contribution in [0.15, 0.2) is 29.1 Å².